The van der Waals surface area contributed by atoms with Gasteiger partial charge in [0.1, 0.15) is 5.75 Å². The van der Waals surface area contributed by atoms with Crippen LogP contribution in [0.15, 0.2) is 59.2 Å². The Morgan fingerprint density at radius 1 is 1.17 bits per heavy atom. The van der Waals surface area contributed by atoms with E-state index in [1.807, 2.05) is 48.5 Å². The smallest absolute Gasteiger partial charge is 0.228 e. The number of nitrogens with zero attached hydrogens (tertiary/aromatic N) is 1. The Kier molecular flexibility index (Phi) is 4.57. The Labute approximate surface area is 142 Å². The van der Waals surface area contributed by atoms with Crippen LogP contribution < -0.4 is 10.1 Å². The molecule has 0 saturated carbocycles. The minimum absolute atomic E-state index is 0.0676. The van der Waals surface area contributed by atoms with Crippen molar-refractivity contribution in [3.05, 3.63) is 64.8 Å². The first-order valence-electron chi connectivity index (χ1n) is 7.12. The van der Waals surface area contributed by atoms with E-state index in [2.05, 4.69) is 26.2 Å². The van der Waals surface area contributed by atoms with Crippen LogP contribution in [0.1, 0.15) is 5.56 Å². The number of hydrogen-bond donors (Lipinski definition) is 1. The van der Waals surface area contributed by atoms with Gasteiger partial charge in [-0.05, 0) is 35.9 Å². The lowest BCUT2D eigenvalue weighted by Crippen LogP contribution is -2.14. The van der Waals surface area contributed by atoms with Crippen LogP contribution in [0.4, 0.5) is 5.69 Å². The molecule has 0 aliphatic carbocycles. The second-order valence-electron chi connectivity index (χ2n) is 5.13. The summed E-state index contributed by atoms with van der Waals surface area (Å²) < 4.78 is 6.17. The number of pyridine rings is 1. The predicted octanol–water partition coefficient (Wildman–Crippen LogP) is 4.19. The highest BCUT2D eigenvalue weighted by Gasteiger charge is 2.06. The van der Waals surface area contributed by atoms with Gasteiger partial charge in [0.05, 0.1) is 30.9 Å². The fourth-order valence-electron chi connectivity index (χ4n) is 2.29. The lowest BCUT2D eigenvalue weighted by molar-refractivity contribution is -0.115. The first-order chi connectivity index (χ1) is 11.1. The van der Waals surface area contributed by atoms with Gasteiger partial charge in [0, 0.05) is 15.9 Å². The van der Waals surface area contributed by atoms with Gasteiger partial charge in [-0.3, -0.25) is 9.78 Å². The van der Waals surface area contributed by atoms with Crippen molar-refractivity contribution in [2.24, 2.45) is 0 Å². The van der Waals surface area contributed by atoms with Crippen LogP contribution in [-0.2, 0) is 11.2 Å². The molecule has 0 aliphatic heterocycles. The molecule has 1 aromatic heterocycles. The van der Waals surface area contributed by atoms with E-state index in [4.69, 9.17) is 4.74 Å². The summed E-state index contributed by atoms with van der Waals surface area (Å²) in [5.41, 5.74) is 2.48. The number of anilines is 1. The molecule has 0 fully saturated rings. The minimum atomic E-state index is -0.0676. The number of halogens is 1. The molecule has 1 amide bonds. The summed E-state index contributed by atoms with van der Waals surface area (Å²) in [6.45, 7) is 0. The van der Waals surface area contributed by atoms with Crippen molar-refractivity contribution in [1.82, 2.24) is 4.98 Å². The number of carbonyl (C=O) groups excluding carboxylic acids is 1. The monoisotopic (exact) mass is 370 g/mol. The fourth-order valence-corrected chi connectivity index (χ4v) is 2.55. The summed E-state index contributed by atoms with van der Waals surface area (Å²) in [5.74, 6) is 0.694. The summed E-state index contributed by atoms with van der Waals surface area (Å²) in [5, 5.41) is 3.83. The van der Waals surface area contributed by atoms with Crippen molar-refractivity contribution in [3.63, 3.8) is 0 Å². The third-order valence-corrected chi connectivity index (χ3v) is 3.98. The van der Waals surface area contributed by atoms with E-state index in [1.165, 1.54) is 0 Å². The molecule has 0 atom stereocenters. The molecule has 1 N–H and O–H groups in total. The van der Waals surface area contributed by atoms with E-state index in [0.29, 0.717) is 12.1 Å². The third kappa shape index (κ3) is 3.87. The van der Waals surface area contributed by atoms with Crippen LogP contribution in [0.2, 0.25) is 0 Å². The molecule has 0 radical (unpaired) electrons. The van der Waals surface area contributed by atoms with Gasteiger partial charge in [0.15, 0.2) is 0 Å². The number of amides is 1. The number of carbonyl (C=O) groups is 1. The van der Waals surface area contributed by atoms with Crippen molar-refractivity contribution in [1.29, 1.82) is 0 Å². The van der Waals surface area contributed by atoms with Gasteiger partial charge < -0.3 is 10.1 Å². The van der Waals surface area contributed by atoms with Gasteiger partial charge in [-0.25, -0.2) is 0 Å². The van der Waals surface area contributed by atoms with Gasteiger partial charge in [-0.2, -0.15) is 0 Å². The molecule has 116 valence electrons. The van der Waals surface area contributed by atoms with Gasteiger partial charge in [0.2, 0.25) is 5.91 Å². The van der Waals surface area contributed by atoms with Gasteiger partial charge >= 0.3 is 0 Å². The maximum atomic E-state index is 12.1. The Morgan fingerprint density at radius 2 is 1.96 bits per heavy atom. The molecule has 23 heavy (non-hydrogen) atoms. The highest BCUT2D eigenvalue weighted by atomic mass is 79.9. The van der Waals surface area contributed by atoms with Crippen molar-refractivity contribution in [2.45, 2.75) is 6.42 Å². The highest BCUT2D eigenvalue weighted by Crippen LogP contribution is 2.21. The quantitative estimate of drug-likeness (QED) is 0.748. The summed E-state index contributed by atoms with van der Waals surface area (Å²) in [6, 6.07) is 15.3. The van der Waals surface area contributed by atoms with Crippen LogP contribution in [-0.4, -0.2) is 18.0 Å². The number of benzene rings is 2. The minimum Gasteiger partial charge on any atom is -0.497 e. The molecule has 4 nitrogen and oxygen atoms in total. The zero-order valence-electron chi connectivity index (χ0n) is 12.5. The van der Waals surface area contributed by atoms with Crippen LogP contribution in [0.5, 0.6) is 5.75 Å². The number of methoxy groups -OCH3 is 1. The lowest BCUT2D eigenvalue weighted by atomic mass is 10.1. The van der Waals surface area contributed by atoms with Crippen LogP contribution >= 0.6 is 15.9 Å². The van der Waals surface area contributed by atoms with E-state index in [9.17, 15) is 4.79 Å². The number of ether oxygens (including phenoxy) is 1. The molecular formula is C18H15BrN2O2. The molecule has 0 spiro atoms. The van der Waals surface area contributed by atoms with E-state index >= 15 is 0 Å². The van der Waals surface area contributed by atoms with Gasteiger partial charge in [-0.1, -0.05) is 28.1 Å². The van der Waals surface area contributed by atoms with Crippen molar-refractivity contribution in [3.8, 4) is 5.75 Å². The number of aromatic nitrogens is 1. The standard InChI is InChI=1S/C18H15BrN2O2/c1-23-16-7-4-13-9-15(11-20-17(13)10-16)21-18(22)8-12-2-5-14(19)6-3-12/h2-7,9-11H,8H2,1H3,(H,21,22). The highest BCUT2D eigenvalue weighted by molar-refractivity contribution is 9.10. The van der Waals surface area contributed by atoms with Crippen LogP contribution in [0.3, 0.4) is 0 Å². The average molecular weight is 371 g/mol. The van der Waals surface area contributed by atoms with Crippen molar-refractivity contribution >= 4 is 38.4 Å². The first kappa shape index (κ1) is 15.5. The second-order valence-corrected chi connectivity index (χ2v) is 6.05. The molecule has 5 heteroatoms. The van der Waals surface area contributed by atoms with E-state index in [0.717, 1.165) is 26.7 Å². The molecule has 3 aromatic rings. The van der Waals surface area contributed by atoms with E-state index in [-0.39, 0.29) is 5.91 Å². The second kappa shape index (κ2) is 6.79. The number of hydrogen-bond acceptors (Lipinski definition) is 3. The summed E-state index contributed by atoms with van der Waals surface area (Å²) >= 11 is 3.38. The normalized spacial score (nSPS) is 10.5. The molecule has 2 aromatic carbocycles. The Balaban J connectivity index is 1.73. The van der Waals surface area contributed by atoms with E-state index < -0.39 is 0 Å². The number of rotatable bonds is 4. The van der Waals surface area contributed by atoms with Gasteiger partial charge in [0.25, 0.3) is 0 Å². The average Bonchev–Trinajstić information content (AvgIpc) is 2.56. The van der Waals surface area contributed by atoms with Crippen LogP contribution in [0.25, 0.3) is 10.9 Å². The fraction of sp³-hybridized carbons (Fsp3) is 0.111. The van der Waals surface area contributed by atoms with Gasteiger partial charge in [-0.15, -0.1) is 0 Å². The Morgan fingerprint density at radius 3 is 2.70 bits per heavy atom. The third-order valence-electron chi connectivity index (χ3n) is 3.45. The molecule has 0 bridgehead atoms. The maximum absolute atomic E-state index is 12.1. The Bertz CT molecular complexity index is 847. The Hall–Kier alpha value is -2.40. The van der Waals surface area contributed by atoms with Crippen LogP contribution in [0, 0.1) is 0 Å². The zero-order valence-corrected chi connectivity index (χ0v) is 14.1. The lowest BCUT2D eigenvalue weighted by Gasteiger charge is -2.07. The molecule has 0 unspecified atom stereocenters. The molecule has 0 saturated heterocycles. The number of fused-ring (bicyclic) bond motifs is 1. The summed E-state index contributed by atoms with van der Waals surface area (Å²) in [6.07, 6.45) is 1.98. The molecule has 0 aliphatic rings. The zero-order chi connectivity index (χ0) is 16.2. The first-order valence-corrected chi connectivity index (χ1v) is 7.91. The summed E-state index contributed by atoms with van der Waals surface area (Å²) in [4.78, 5) is 16.5. The SMILES string of the molecule is COc1ccc2cc(NC(=O)Cc3ccc(Br)cc3)cnc2c1. The maximum Gasteiger partial charge on any atom is 0.228 e. The number of nitrogens with one attached hydrogen (secondary N) is 1. The topological polar surface area (TPSA) is 51.2 Å². The molecule has 1 heterocycles. The molecular weight excluding hydrogens is 356 g/mol. The van der Waals surface area contributed by atoms with Crippen molar-refractivity contribution < 1.29 is 9.53 Å². The molecule has 3 rings (SSSR count). The van der Waals surface area contributed by atoms with Crippen molar-refractivity contribution in [2.75, 3.05) is 12.4 Å². The summed E-state index contributed by atoms with van der Waals surface area (Å²) in [7, 11) is 1.62. The van der Waals surface area contributed by atoms with E-state index in [1.54, 1.807) is 13.3 Å². The largest absolute Gasteiger partial charge is 0.497 e. The predicted molar refractivity (Wildman–Crippen MR) is 94.8 cm³/mol.